The summed E-state index contributed by atoms with van der Waals surface area (Å²) in [5, 5.41) is 0. The van der Waals surface area contributed by atoms with Gasteiger partial charge in [-0.2, -0.15) is 0 Å². The van der Waals surface area contributed by atoms with Crippen LogP contribution in [0.3, 0.4) is 0 Å². The molecule has 0 aliphatic heterocycles. The molecule has 0 spiro atoms. The number of rotatable bonds is 13. The Kier molecular flexibility index (Phi) is 9.83. The van der Waals surface area contributed by atoms with Crippen molar-refractivity contribution in [3.8, 4) is 46.0 Å². The van der Waals surface area contributed by atoms with Gasteiger partial charge in [-0.1, -0.05) is 12.2 Å². The van der Waals surface area contributed by atoms with Crippen LogP contribution in [-0.4, -0.2) is 65.3 Å². The van der Waals surface area contributed by atoms with Crippen molar-refractivity contribution in [3.05, 3.63) is 47.5 Å². The summed E-state index contributed by atoms with van der Waals surface area (Å²) in [6.45, 7) is 0. The first-order valence-electron chi connectivity index (χ1n) is 11.8. The summed E-state index contributed by atoms with van der Waals surface area (Å²) in [5.41, 5.74) is 1.53. The number of anilines is 1. The summed E-state index contributed by atoms with van der Waals surface area (Å²) >= 11 is 0. The van der Waals surface area contributed by atoms with Crippen LogP contribution in [0.2, 0.25) is 0 Å². The fraction of sp³-hybridized carbons (Fsp3) is 0.286. The number of ether oxygens (including phenoxy) is 8. The first-order valence-corrected chi connectivity index (χ1v) is 13.2. The number of sulfonamides is 1. The maximum Gasteiger partial charge on any atom is 0.262 e. The Morgan fingerprint density at radius 2 is 0.850 bits per heavy atom. The zero-order chi connectivity index (χ0) is 29.4. The van der Waals surface area contributed by atoms with Crippen molar-refractivity contribution in [2.45, 2.75) is 4.90 Å². The van der Waals surface area contributed by atoms with E-state index in [2.05, 4.69) is 4.72 Å². The lowest BCUT2D eigenvalue weighted by Crippen LogP contribution is -2.14. The van der Waals surface area contributed by atoms with Crippen molar-refractivity contribution < 1.29 is 46.3 Å². The van der Waals surface area contributed by atoms with Gasteiger partial charge in [-0.15, -0.1) is 0 Å². The molecule has 0 amide bonds. The monoisotopic (exact) mass is 575 g/mol. The molecule has 0 heterocycles. The lowest BCUT2D eigenvalue weighted by Gasteiger charge is -2.17. The number of hydrogen-bond donors (Lipinski definition) is 1. The molecular formula is C28H33NO10S. The zero-order valence-electron chi connectivity index (χ0n) is 23.6. The van der Waals surface area contributed by atoms with Gasteiger partial charge in [0.25, 0.3) is 10.0 Å². The van der Waals surface area contributed by atoms with Crippen LogP contribution in [-0.2, 0) is 10.0 Å². The second-order valence-electron chi connectivity index (χ2n) is 8.06. The van der Waals surface area contributed by atoms with Crippen LogP contribution in [0.4, 0.5) is 5.69 Å². The van der Waals surface area contributed by atoms with E-state index in [1.54, 1.807) is 30.3 Å². The van der Waals surface area contributed by atoms with Crippen LogP contribution < -0.4 is 42.6 Å². The molecule has 0 saturated carbocycles. The van der Waals surface area contributed by atoms with Crippen LogP contribution >= 0.6 is 0 Å². The number of benzene rings is 3. The van der Waals surface area contributed by atoms with E-state index < -0.39 is 10.0 Å². The van der Waals surface area contributed by atoms with E-state index in [1.165, 1.54) is 69.0 Å². The van der Waals surface area contributed by atoms with Crippen LogP contribution in [0.1, 0.15) is 11.1 Å². The Bertz CT molecular complexity index is 1430. The predicted octanol–water partition coefficient (Wildman–Crippen LogP) is 4.73. The minimum Gasteiger partial charge on any atom is -0.493 e. The molecule has 3 rings (SSSR count). The van der Waals surface area contributed by atoms with Crippen molar-refractivity contribution in [3.63, 3.8) is 0 Å². The smallest absolute Gasteiger partial charge is 0.262 e. The summed E-state index contributed by atoms with van der Waals surface area (Å²) in [6.07, 6.45) is 3.59. The summed E-state index contributed by atoms with van der Waals surface area (Å²) in [4.78, 5) is -0.110. The third kappa shape index (κ3) is 6.23. The highest BCUT2D eigenvalue weighted by Gasteiger charge is 2.24. The molecule has 0 aromatic heterocycles. The first-order chi connectivity index (χ1) is 19.2. The maximum atomic E-state index is 13.5. The molecule has 12 heteroatoms. The lowest BCUT2D eigenvalue weighted by molar-refractivity contribution is 0.323. The number of methoxy groups -OCH3 is 8. The fourth-order valence-electron chi connectivity index (χ4n) is 3.96. The van der Waals surface area contributed by atoms with Gasteiger partial charge in [-0.3, -0.25) is 4.72 Å². The average molecular weight is 576 g/mol. The molecule has 11 nitrogen and oxygen atoms in total. The van der Waals surface area contributed by atoms with Gasteiger partial charge in [0.1, 0.15) is 0 Å². The minimum absolute atomic E-state index is 0.110. The van der Waals surface area contributed by atoms with E-state index in [-0.39, 0.29) is 33.6 Å². The average Bonchev–Trinajstić information content (AvgIpc) is 2.97. The van der Waals surface area contributed by atoms with Crippen molar-refractivity contribution in [2.75, 3.05) is 61.6 Å². The van der Waals surface area contributed by atoms with Gasteiger partial charge in [0.2, 0.25) is 11.5 Å². The number of hydrogen-bond acceptors (Lipinski definition) is 10. The zero-order valence-corrected chi connectivity index (χ0v) is 24.4. The summed E-state index contributed by atoms with van der Waals surface area (Å²) in [7, 11) is 7.56. The molecule has 0 atom stereocenters. The van der Waals surface area contributed by atoms with Crippen LogP contribution in [0.25, 0.3) is 12.2 Å². The highest BCUT2D eigenvalue weighted by Crippen LogP contribution is 2.42. The Morgan fingerprint density at radius 1 is 0.500 bits per heavy atom. The molecular weight excluding hydrogens is 542 g/mol. The molecule has 3 aromatic rings. The van der Waals surface area contributed by atoms with Gasteiger partial charge in [0.05, 0.1) is 67.5 Å². The predicted molar refractivity (Wildman–Crippen MR) is 151 cm³/mol. The third-order valence-electron chi connectivity index (χ3n) is 5.85. The molecule has 0 saturated heterocycles. The molecule has 216 valence electrons. The number of nitrogens with one attached hydrogen (secondary N) is 1. The molecule has 0 fully saturated rings. The van der Waals surface area contributed by atoms with Crippen molar-refractivity contribution in [1.82, 2.24) is 0 Å². The Hall–Kier alpha value is -4.45. The Morgan fingerprint density at radius 3 is 1.23 bits per heavy atom. The van der Waals surface area contributed by atoms with Gasteiger partial charge in [-0.25, -0.2) is 8.42 Å². The topological polar surface area (TPSA) is 120 Å². The summed E-state index contributed by atoms with van der Waals surface area (Å²) < 4.78 is 72.7. The van der Waals surface area contributed by atoms with Gasteiger partial charge < -0.3 is 37.9 Å². The molecule has 0 aliphatic carbocycles. The molecule has 0 aliphatic rings. The van der Waals surface area contributed by atoms with Gasteiger partial charge in [0.15, 0.2) is 34.5 Å². The third-order valence-corrected chi connectivity index (χ3v) is 7.19. The fourth-order valence-corrected chi connectivity index (χ4v) is 5.05. The molecule has 40 heavy (non-hydrogen) atoms. The lowest BCUT2D eigenvalue weighted by atomic mass is 10.1. The van der Waals surface area contributed by atoms with Crippen LogP contribution in [0, 0.1) is 0 Å². The van der Waals surface area contributed by atoms with E-state index in [4.69, 9.17) is 37.9 Å². The van der Waals surface area contributed by atoms with E-state index in [0.29, 0.717) is 28.6 Å². The largest absolute Gasteiger partial charge is 0.493 e. The molecule has 1 N–H and O–H groups in total. The highest BCUT2D eigenvalue weighted by atomic mass is 32.2. The van der Waals surface area contributed by atoms with Crippen molar-refractivity contribution in [2.24, 2.45) is 0 Å². The van der Waals surface area contributed by atoms with Crippen LogP contribution in [0.5, 0.6) is 46.0 Å². The Balaban J connectivity index is 2.07. The summed E-state index contributed by atoms with van der Waals surface area (Å²) in [6, 6.07) is 9.57. The normalized spacial score (nSPS) is 11.1. The molecule has 0 unspecified atom stereocenters. The molecule has 3 aromatic carbocycles. The first kappa shape index (κ1) is 30.1. The van der Waals surface area contributed by atoms with E-state index in [1.807, 2.05) is 6.08 Å². The van der Waals surface area contributed by atoms with E-state index in [9.17, 15) is 8.42 Å². The molecule has 0 bridgehead atoms. The van der Waals surface area contributed by atoms with Gasteiger partial charge in [0, 0.05) is 12.1 Å². The van der Waals surface area contributed by atoms with Crippen molar-refractivity contribution >= 4 is 27.9 Å². The van der Waals surface area contributed by atoms with E-state index >= 15 is 0 Å². The standard InChI is InChI=1S/C28H33NO10S/c1-32-21-12-17(9-10-18-13-22(33-2)27(38-7)23(14-18)34-3)11-20(26(21)37-6)29-40(30,31)19-15-24(35-4)28(39-8)25(16-19)36-5/h9-16,29H,1-8H3/b10-9-. The van der Waals surface area contributed by atoms with Crippen LogP contribution in [0.15, 0.2) is 41.3 Å². The SMILES string of the molecule is COc1cc(/C=C\c2cc(OC)c(OC)c(OC)c2)cc(NS(=O)(=O)c2cc(OC)c(OC)c(OC)c2)c1OC. The van der Waals surface area contributed by atoms with Crippen molar-refractivity contribution in [1.29, 1.82) is 0 Å². The highest BCUT2D eigenvalue weighted by molar-refractivity contribution is 7.92. The quantitative estimate of drug-likeness (QED) is 0.287. The van der Waals surface area contributed by atoms with Gasteiger partial charge >= 0.3 is 0 Å². The second kappa shape index (κ2) is 13.1. The summed E-state index contributed by atoms with van der Waals surface area (Å²) in [5.74, 6) is 2.61. The second-order valence-corrected chi connectivity index (χ2v) is 9.74. The maximum absolute atomic E-state index is 13.5. The Labute approximate surface area is 234 Å². The molecule has 0 radical (unpaired) electrons. The van der Waals surface area contributed by atoms with E-state index in [0.717, 1.165) is 5.56 Å². The van der Waals surface area contributed by atoms with Gasteiger partial charge in [-0.05, 0) is 35.4 Å². The minimum atomic E-state index is -4.14.